The number of urea groups is 1. The summed E-state index contributed by atoms with van der Waals surface area (Å²) >= 11 is 0. The predicted octanol–water partition coefficient (Wildman–Crippen LogP) is 3.10. The number of hydrogen-bond donors (Lipinski definition) is 2. The molecule has 2 aromatic rings. The fraction of sp³-hybridized carbons (Fsp3) is 0.600. The monoisotopic (exact) mass is 466 g/mol. The molecule has 4 aliphatic rings. The molecule has 1 atom stereocenters. The maximum Gasteiger partial charge on any atom is 0.320 e. The topological polar surface area (TPSA) is 108 Å². The highest BCUT2D eigenvalue weighted by atomic mass is 19.1. The molecule has 2 aliphatic heterocycles. The molecule has 34 heavy (non-hydrogen) atoms. The van der Waals surface area contributed by atoms with Gasteiger partial charge in [-0.05, 0) is 62.1 Å². The number of nitrogens with one attached hydrogen (secondary N) is 1. The summed E-state index contributed by atoms with van der Waals surface area (Å²) in [5, 5.41) is 8.67. The Morgan fingerprint density at radius 3 is 2.18 bits per heavy atom. The number of nitrogens with zero attached hydrogens (tertiary/aromatic N) is 4. The summed E-state index contributed by atoms with van der Waals surface area (Å²) in [7, 11) is 0. The second kappa shape index (κ2) is 8.06. The van der Waals surface area contributed by atoms with Gasteiger partial charge in [0.15, 0.2) is 0 Å². The third kappa shape index (κ3) is 3.84. The van der Waals surface area contributed by atoms with Crippen molar-refractivity contribution in [2.45, 2.75) is 56.3 Å². The summed E-state index contributed by atoms with van der Waals surface area (Å²) in [6.45, 7) is 2.85. The quantitative estimate of drug-likeness (QED) is 0.706. The number of amides is 3. The van der Waals surface area contributed by atoms with Gasteiger partial charge < -0.3 is 20.5 Å². The third-order valence-corrected chi connectivity index (χ3v) is 8.37. The number of primary amides is 1. The van der Waals surface area contributed by atoms with Crippen molar-refractivity contribution in [2.24, 2.45) is 17.1 Å². The van der Waals surface area contributed by atoms with Gasteiger partial charge >= 0.3 is 6.03 Å². The second-order valence-electron chi connectivity index (χ2n) is 10.9. The first-order chi connectivity index (χ1) is 16.4. The molecule has 8 nitrogen and oxygen atoms in total. The van der Waals surface area contributed by atoms with Crippen LogP contribution in [0.1, 0.15) is 73.5 Å². The largest absolute Gasteiger partial charge is 0.369 e. The number of carbonyl (C=O) groups is 2. The van der Waals surface area contributed by atoms with E-state index in [1.165, 1.54) is 25.0 Å². The molecule has 1 aromatic carbocycles. The molecule has 4 fully saturated rings. The maximum absolute atomic E-state index is 13.3. The lowest BCUT2D eigenvalue weighted by Gasteiger charge is -2.59. The van der Waals surface area contributed by atoms with Gasteiger partial charge in [0.05, 0.1) is 5.92 Å². The van der Waals surface area contributed by atoms with Gasteiger partial charge in [-0.2, -0.15) is 0 Å². The number of piperidine rings is 1. The Balaban J connectivity index is 0.992. The zero-order valence-corrected chi connectivity index (χ0v) is 19.3. The first-order valence-corrected chi connectivity index (χ1v) is 12.4. The Morgan fingerprint density at radius 1 is 0.971 bits per heavy atom. The summed E-state index contributed by atoms with van der Waals surface area (Å²) in [4.78, 5) is 32.5. The van der Waals surface area contributed by atoms with Crippen LogP contribution >= 0.6 is 0 Å². The zero-order valence-electron chi connectivity index (χ0n) is 19.3. The lowest BCUT2D eigenvalue weighted by atomic mass is 9.57. The van der Waals surface area contributed by atoms with Crippen molar-refractivity contribution in [3.63, 3.8) is 0 Å². The van der Waals surface area contributed by atoms with Crippen LogP contribution in [-0.4, -0.2) is 63.1 Å². The van der Waals surface area contributed by atoms with E-state index in [9.17, 15) is 14.0 Å². The number of aromatic amines is 1. The number of halogens is 1. The van der Waals surface area contributed by atoms with Crippen LogP contribution in [0.25, 0.3) is 0 Å². The molecule has 2 saturated heterocycles. The van der Waals surface area contributed by atoms with E-state index in [4.69, 9.17) is 5.73 Å². The van der Waals surface area contributed by atoms with Crippen molar-refractivity contribution in [1.29, 1.82) is 0 Å². The number of hydrogen-bond acceptors (Lipinski definition) is 4. The van der Waals surface area contributed by atoms with Crippen LogP contribution in [0.15, 0.2) is 24.3 Å². The molecule has 2 aliphatic carbocycles. The summed E-state index contributed by atoms with van der Waals surface area (Å²) in [6, 6.07) is 6.10. The van der Waals surface area contributed by atoms with Crippen LogP contribution < -0.4 is 5.73 Å². The molecule has 0 radical (unpaired) electrons. The number of carbonyl (C=O) groups excluding carboxylic acids is 2. The van der Waals surface area contributed by atoms with E-state index in [0.717, 1.165) is 43.1 Å². The lowest BCUT2D eigenvalue weighted by Crippen LogP contribution is -2.65. The van der Waals surface area contributed by atoms with Crippen molar-refractivity contribution in [3.05, 3.63) is 47.3 Å². The zero-order chi connectivity index (χ0) is 23.4. The molecule has 0 bridgehead atoms. The van der Waals surface area contributed by atoms with Gasteiger partial charge in [0, 0.05) is 43.4 Å². The van der Waals surface area contributed by atoms with Crippen molar-refractivity contribution in [3.8, 4) is 0 Å². The van der Waals surface area contributed by atoms with Gasteiger partial charge in [0.2, 0.25) is 5.91 Å². The summed E-state index contributed by atoms with van der Waals surface area (Å²) < 4.78 is 13.3. The van der Waals surface area contributed by atoms with E-state index in [-0.39, 0.29) is 23.2 Å². The Morgan fingerprint density at radius 2 is 1.59 bits per heavy atom. The summed E-state index contributed by atoms with van der Waals surface area (Å²) in [5.74, 6) is 1.97. The number of benzene rings is 1. The first-order valence-electron chi connectivity index (χ1n) is 12.4. The Hall–Kier alpha value is -2.97. The van der Waals surface area contributed by atoms with Crippen molar-refractivity contribution < 1.29 is 14.0 Å². The Bertz CT molecular complexity index is 1080. The Kier molecular flexibility index (Phi) is 5.11. The van der Waals surface area contributed by atoms with Crippen molar-refractivity contribution in [2.75, 3.05) is 26.2 Å². The van der Waals surface area contributed by atoms with Gasteiger partial charge in [0.1, 0.15) is 17.5 Å². The van der Waals surface area contributed by atoms with Gasteiger partial charge in [-0.3, -0.25) is 4.79 Å². The molecule has 1 spiro atoms. The minimum absolute atomic E-state index is 0.0598. The first kappa shape index (κ1) is 21.6. The van der Waals surface area contributed by atoms with Gasteiger partial charge in [-0.1, -0.05) is 12.1 Å². The SMILES string of the molecule is NC(=O)C(c1ccc(F)cc1)C1CCN(C(=O)N2CC3(CC(c4nnc(C5CC5)[nH]4)C3)C2)CC1. The van der Waals surface area contributed by atoms with Crippen LogP contribution in [0, 0.1) is 17.2 Å². The lowest BCUT2D eigenvalue weighted by molar-refractivity contribution is -0.121. The highest BCUT2D eigenvalue weighted by molar-refractivity contribution is 5.82. The molecular formula is C25H31FN6O2. The fourth-order valence-electron chi connectivity index (χ4n) is 6.31. The number of H-pyrrole nitrogens is 1. The highest BCUT2D eigenvalue weighted by Crippen LogP contribution is 2.55. The van der Waals surface area contributed by atoms with Gasteiger partial charge in [0.25, 0.3) is 0 Å². The predicted molar refractivity (Wildman–Crippen MR) is 122 cm³/mol. The average Bonchev–Trinajstić information content (AvgIpc) is 3.51. The van der Waals surface area contributed by atoms with Crippen molar-refractivity contribution in [1.82, 2.24) is 25.0 Å². The van der Waals surface area contributed by atoms with Crippen molar-refractivity contribution >= 4 is 11.9 Å². The molecule has 180 valence electrons. The molecule has 1 unspecified atom stereocenters. The molecular weight excluding hydrogens is 435 g/mol. The van der Waals surface area contributed by atoms with E-state index in [1.54, 1.807) is 12.1 Å². The van der Waals surface area contributed by atoms with Gasteiger partial charge in [-0.15, -0.1) is 10.2 Å². The average molecular weight is 467 g/mol. The Labute approximate surface area is 198 Å². The second-order valence-corrected chi connectivity index (χ2v) is 10.9. The molecule has 3 heterocycles. The third-order valence-electron chi connectivity index (χ3n) is 8.37. The van der Waals surface area contributed by atoms with E-state index in [1.807, 2.05) is 9.80 Å². The number of likely N-dealkylation sites (tertiary alicyclic amines) is 2. The molecule has 1 aromatic heterocycles. The highest BCUT2D eigenvalue weighted by Gasteiger charge is 2.55. The number of aromatic nitrogens is 3. The number of rotatable bonds is 5. The standard InChI is InChI=1S/C25H31FN6O2/c26-19-5-3-15(4-6-19)20(21(27)33)16-7-9-31(10-8-16)24(34)32-13-25(14-32)11-18(12-25)23-28-22(29-30-23)17-1-2-17/h3-6,16-18,20H,1-2,7-14H2,(H2,27,33)(H,28,29,30). The van der Waals surface area contributed by atoms with E-state index >= 15 is 0 Å². The van der Waals surface area contributed by atoms with Crippen LogP contribution in [-0.2, 0) is 4.79 Å². The summed E-state index contributed by atoms with van der Waals surface area (Å²) in [6.07, 6.45) is 5.99. The summed E-state index contributed by atoms with van der Waals surface area (Å²) in [5.41, 5.74) is 6.69. The molecule has 3 amide bonds. The molecule has 2 saturated carbocycles. The minimum Gasteiger partial charge on any atom is -0.369 e. The minimum atomic E-state index is -0.450. The van der Waals surface area contributed by atoms with Crippen LogP contribution in [0.2, 0.25) is 0 Å². The van der Waals surface area contributed by atoms with E-state index in [0.29, 0.717) is 37.8 Å². The van der Waals surface area contributed by atoms with E-state index < -0.39 is 11.8 Å². The van der Waals surface area contributed by atoms with Crippen LogP contribution in [0.3, 0.4) is 0 Å². The number of nitrogens with two attached hydrogens (primary N) is 1. The molecule has 6 rings (SSSR count). The maximum atomic E-state index is 13.3. The van der Waals surface area contributed by atoms with Crippen LogP contribution in [0.4, 0.5) is 9.18 Å². The smallest absolute Gasteiger partial charge is 0.320 e. The van der Waals surface area contributed by atoms with E-state index in [2.05, 4.69) is 15.2 Å². The normalized spacial score (nSPS) is 23.4. The molecule has 3 N–H and O–H groups in total. The fourth-order valence-corrected chi connectivity index (χ4v) is 6.31. The van der Waals surface area contributed by atoms with Crippen LogP contribution in [0.5, 0.6) is 0 Å². The van der Waals surface area contributed by atoms with Gasteiger partial charge in [-0.25, -0.2) is 9.18 Å². The molecule has 9 heteroatoms.